The summed E-state index contributed by atoms with van der Waals surface area (Å²) in [5.74, 6) is -0.733. The zero-order chi connectivity index (χ0) is 15.8. The molecule has 0 saturated heterocycles. The lowest BCUT2D eigenvalue weighted by atomic mass is 10.0. The lowest BCUT2D eigenvalue weighted by molar-refractivity contribution is -0.139. The van der Waals surface area contributed by atoms with Crippen LogP contribution in [-0.4, -0.2) is 35.5 Å². The standard InChI is InChI=1S/C15H32N2O4/c1-2-3-12-16-14(15(18)19)11-9-7-5-4-6-8-10-13-21-17-20/h14,16-17,20H,2-13H2,1H3,(H,18,19). The Labute approximate surface area is 128 Å². The average Bonchev–Trinajstić information content (AvgIpc) is 2.47. The molecule has 1 unspecified atom stereocenters. The zero-order valence-corrected chi connectivity index (χ0v) is 13.3. The summed E-state index contributed by atoms with van der Waals surface area (Å²) in [7, 11) is 0. The molecule has 0 aliphatic carbocycles. The van der Waals surface area contributed by atoms with Crippen LogP contribution in [0.1, 0.15) is 71.1 Å². The van der Waals surface area contributed by atoms with E-state index in [1.807, 2.05) is 0 Å². The molecule has 0 aliphatic rings. The maximum absolute atomic E-state index is 11.1. The molecule has 0 aromatic carbocycles. The van der Waals surface area contributed by atoms with Gasteiger partial charge < -0.3 is 10.4 Å². The first-order valence-corrected chi connectivity index (χ1v) is 8.19. The van der Waals surface area contributed by atoms with Gasteiger partial charge in [0.1, 0.15) is 6.04 Å². The third-order valence-corrected chi connectivity index (χ3v) is 3.52. The summed E-state index contributed by atoms with van der Waals surface area (Å²) in [5, 5.41) is 20.4. The van der Waals surface area contributed by atoms with E-state index in [0.717, 1.165) is 64.3 Å². The predicted octanol–water partition coefficient (Wildman–Crippen LogP) is 2.86. The van der Waals surface area contributed by atoms with E-state index in [-0.39, 0.29) is 6.04 Å². The fourth-order valence-corrected chi connectivity index (χ4v) is 2.22. The molecule has 126 valence electrons. The molecule has 0 aliphatic heterocycles. The second-order valence-electron chi connectivity index (χ2n) is 5.40. The summed E-state index contributed by atoms with van der Waals surface area (Å²) in [4.78, 5) is 15.7. The van der Waals surface area contributed by atoms with E-state index in [9.17, 15) is 4.79 Å². The Morgan fingerprint density at radius 1 is 1.05 bits per heavy atom. The van der Waals surface area contributed by atoms with Gasteiger partial charge in [-0.3, -0.25) is 14.8 Å². The van der Waals surface area contributed by atoms with Crippen molar-refractivity contribution in [3.8, 4) is 0 Å². The molecule has 1 atom stereocenters. The van der Waals surface area contributed by atoms with Gasteiger partial charge in [0, 0.05) is 0 Å². The molecule has 0 radical (unpaired) electrons. The maximum atomic E-state index is 11.1. The summed E-state index contributed by atoms with van der Waals surface area (Å²) in [6.45, 7) is 3.42. The van der Waals surface area contributed by atoms with Gasteiger partial charge in [-0.2, -0.15) is 0 Å². The SMILES string of the molecule is CCCCNC(CCCCCCCCCONO)C(=O)O. The van der Waals surface area contributed by atoms with Gasteiger partial charge in [0.25, 0.3) is 0 Å². The highest BCUT2D eigenvalue weighted by Gasteiger charge is 2.15. The van der Waals surface area contributed by atoms with Gasteiger partial charge in [-0.15, -0.1) is 0 Å². The van der Waals surface area contributed by atoms with Gasteiger partial charge in [-0.05, 0) is 25.8 Å². The minimum Gasteiger partial charge on any atom is -0.480 e. The van der Waals surface area contributed by atoms with Crippen LogP contribution in [-0.2, 0) is 9.63 Å². The van der Waals surface area contributed by atoms with Crippen LogP contribution in [0.3, 0.4) is 0 Å². The molecule has 0 rings (SSSR count). The van der Waals surface area contributed by atoms with Crippen LogP contribution in [0.5, 0.6) is 0 Å². The van der Waals surface area contributed by atoms with E-state index >= 15 is 0 Å². The highest BCUT2D eigenvalue weighted by Crippen LogP contribution is 2.10. The molecule has 0 bridgehead atoms. The first kappa shape index (κ1) is 20.3. The van der Waals surface area contributed by atoms with Gasteiger partial charge in [0.05, 0.1) is 6.61 Å². The predicted molar refractivity (Wildman–Crippen MR) is 82.1 cm³/mol. The van der Waals surface area contributed by atoms with Gasteiger partial charge in [-0.25, -0.2) is 0 Å². The van der Waals surface area contributed by atoms with E-state index in [0.29, 0.717) is 6.61 Å². The van der Waals surface area contributed by atoms with Crippen molar-refractivity contribution in [3.05, 3.63) is 0 Å². The Morgan fingerprint density at radius 3 is 2.24 bits per heavy atom. The Hall–Kier alpha value is -0.690. The van der Waals surface area contributed by atoms with E-state index in [2.05, 4.69) is 17.1 Å². The molecular formula is C15H32N2O4. The molecular weight excluding hydrogens is 272 g/mol. The molecule has 0 fully saturated rings. The van der Waals surface area contributed by atoms with Crippen molar-refractivity contribution in [2.75, 3.05) is 13.2 Å². The van der Waals surface area contributed by atoms with Crippen LogP contribution in [0.2, 0.25) is 0 Å². The molecule has 0 spiro atoms. The normalized spacial score (nSPS) is 12.5. The third-order valence-electron chi connectivity index (χ3n) is 3.52. The number of aliphatic carboxylic acids is 1. The van der Waals surface area contributed by atoms with E-state index in [1.54, 1.807) is 5.64 Å². The number of hydrogen-bond donors (Lipinski definition) is 4. The van der Waals surface area contributed by atoms with E-state index in [1.165, 1.54) is 6.42 Å². The fourth-order valence-electron chi connectivity index (χ4n) is 2.22. The largest absolute Gasteiger partial charge is 0.480 e. The lowest BCUT2D eigenvalue weighted by Gasteiger charge is -2.13. The first-order valence-electron chi connectivity index (χ1n) is 8.19. The van der Waals surface area contributed by atoms with Crippen LogP contribution in [0.15, 0.2) is 0 Å². The van der Waals surface area contributed by atoms with Gasteiger partial charge in [-0.1, -0.05) is 57.5 Å². The second-order valence-corrected chi connectivity index (χ2v) is 5.40. The highest BCUT2D eigenvalue weighted by atomic mass is 16.8. The Morgan fingerprint density at radius 2 is 1.67 bits per heavy atom. The van der Waals surface area contributed by atoms with E-state index < -0.39 is 5.97 Å². The van der Waals surface area contributed by atoms with Crippen molar-refractivity contribution in [1.29, 1.82) is 0 Å². The Balaban J connectivity index is 3.39. The summed E-state index contributed by atoms with van der Waals surface area (Å²) >= 11 is 0. The zero-order valence-electron chi connectivity index (χ0n) is 13.3. The first-order chi connectivity index (χ1) is 10.2. The average molecular weight is 304 g/mol. The van der Waals surface area contributed by atoms with Gasteiger partial charge in [0.2, 0.25) is 0 Å². The summed E-state index contributed by atoms with van der Waals surface area (Å²) in [6, 6.07) is -0.389. The summed E-state index contributed by atoms with van der Waals surface area (Å²) in [5.41, 5.74) is 1.67. The quantitative estimate of drug-likeness (QED) is 0.259. The molecule has 21 heavy (non-hydrogen) atoms. The maximum Gasteiger partial charge on any atom is 0.320 e. The van der Waals surface area contributed by atoms with Crippen LogP contribution in [0.25, 0.3) is 0 Å². The Bertz CT molecular complexity index is 240. The molecule has 4 N–H and O–H groups in total. The monoisotopic (exact) mass is 304 g/mol. The lowest BCUT2D eigenvalue weighted by Crippen LogP contribution is -2.37. The van der Waals surface area contributed by atoms with Crippen molar-refractivity contribution in [2.45, 2.75) is 77.2 Å². The number of carboxylic acid groups (broad SMARTS) is 1. The molecule has 0 aromatic heterocycles. The smallest absolute Gasteiger partial charge is 0.320 e. The summed E-state index contributed by atoms with van der Waals surface area (Å²) < 4.78 is 0. The number of nitrogens with one attached hydrogen (secondary N) is 2. The molecule has 6 heteroatoms. The van der Waals surface area contributed by atoms with Crippen molar-refractivity contribution >= 4 is 5.97 Å². The van der Waals surface area contributed by atoms with Crippen molar-refractivity contribution < 1.29 is 19.9 Å². The van der Waals surface area contributed by atoms with Crippen molar-refractivity contribution in [1.82, 2.24) is 11.0 Å². The van der Waals surface area contributed by atoms with Crippen LogP contribution < -0.4 is 11.0 Å². The topological polar surface area (TPSA) is 90.8 Å². The van der Waals surface area contributed by atoms with Crippen LogP contribution in [0, 0.1) is 0 Å². The van der Waals surface area contributed by atoms with Crippen LogP contribution in [0.4, 0.5) is 0 Å². The van der Waals surface area contributed by atoms with Crippen molar-refractivity contribution in [3.63, 3.8) is 0 Å². The number of rotatable bonds is 16. The summed E-state index contributed by atoms with van der Waals surface area (Å²) in [6.07, 6.45) is 10.4. The fraction of sp³-hybridized carbons (Fsp3) is 0.933. The Kier molecular flexibility index (Phi) is 15.2. The number of carboxylic acids is 1. The minimum atomic E-state index is -0.733. The molecule has 6 nitrogen and oxygen atoms in total. The third kappa shape index (κ3) is 14.0. The second kappa shape index (κ2) is 15.7. The molecule has 0 heterocycles. The van der Waals surface area contributed by atoms with Crippen LogP contribution >= 0.6 is 0 Å². The minimum absolute atomic E-state index is 0.389. The van der Waals surface area contributed by atoms with Gasteiger partial charge in [0.15, 0.2) is 0 Å². The van der Waals surface area contributed by atoms with Crippen molar-refractivity contribution in [2.24, 2.45) is 0 Å². The number of hydrogen-bond acceptors (Lipinski definition) is 5. The molecule has 0 aromatic rings. The number of carbonyl (C=O) groups is 1. The highest BCUT2D eigenvalue weighted by molar-refractivity contribution is 5.73. The molecule has 0 amide bonds. The number of unbranched alkanes of at least 4 members (excludes halogenated alkanes) is 7. The molecule has 0 saturated carbocycles. The van der Waals surface area contributed by atoms with Gasteiger partial charge >= 0.3 is 5.97 Å². The van der Waals surface area contributed by atoms with E-state index in [4.69, 9.17) is 10.3 Å².